The number of ketones is 1. The number of pyridine rings is 1. The van der Waals surface area contributed by atoms with Crippen LogP contribution in [0.2, 0.25) is 0 Å². The van der Waals surface area contributed by atoms with Gasteiger partial charge in [0.2, 0.25) is 0 Å². The van der Waals surface area contributed by atoms with Crippen LogP contribution in [0.15, 0.2) is 24.3 Å². The predicted octanol–water partition coefficient (Wildman–Crippen LogP) is 5.24. The number of rotatable bonds is 10. The number of carboxylic acid groups (broad SMARTS) is 1. The topological polar surface area (TPSA) is 107 Å². The molecular weight excluding hydrogens is 560 g/mol. The Hall–Kier alpha value is -2.94. The molecule has 1 saturated heterocycles. The van der Waals surface area contributed by atoms with Crippen molar-refractivity contribution in [2.45, 2.75) is 77.2 Å². The van der Waals surface area contributed by atoms with E-state index >= 15 is 0 Å². The molecule has 2 aromatic rings. The average Bonchev–Trinajstić information content (AvgIpc) is 3.48. The minimum atomic E-state index is -1.000. The molecule has 8 nitrogen and oxygen atoms in total. The molecule has 0 atom stereocenters. The Bertz CT molecular complexity index is 1260. The molecule has 2 N–H and O–H groups in total. The number of anilines is 1. The number of amidine groups is 1. The summed E-state index contributed by atoms with van der Waals surface area (Å²) >= 11 is 0. The monoisotopic (exact) mass is 598 g/mol. The van der Waals surface area contributed by atoms with Gasteiger partial charge in [-0.3, -0.25) is 10.2 Å². The quantitative estimate of drug-likeness (QED) is 0.385. The van der Waals surface area contributed by atoms with Gasteiger partial charge < -0.3 is 19.6 Å². The van der Waals surface area contributed by atoms with Gasteiger partial charge in [0.15, 0.2) is 12.4 Å². The fourth-order valence-electron chi connectivity index (χ4n) is 5.44. The molecule has 1 aliphatic carbocycles. The lowest BCUT2D eigenvalue weighted by atomic mass is 9.84. The summed E-state index contributed by atoms with van der Waals surface area (Å²) in [6, 6.07) is 8.28. The Morgan fingerprint density at radius 3 is 2.51 bits per heavy atom. The lowest BCUT2D eigenvalue weighted by Gasteiger charge is -2.29. The number of hydrogen-bond acceptors (Lipinski definition) is 6. The highest BCUT2D eigenvalue weighted by atomic mass is 79.9. The minimum Gasteiger partial charge on any atom is -0.479 e. The largest absolute Gasteiger partial charge is 0.479 e. The SMILES string of the molecule is Br.CC(C)(C)c1cc(CCC(=O)CN2Cc3ccc(C4CC4)nc3C2=N)cc(N2CCCC2)c1OCC(=O)O. The van der Waals surface area contributed by atoms with Crippen molar-refractivity contribution >= 4 is 40.3 Å². The van der Waals surface area contributed by atoms with Crippen LogP contribution < -0.4 is 9.64 Å². The van der Waals surface area contributed by atoms with Crippen LogP contribution in [0, 0.1) is 5.41 Å². The van der Waals surface area contributed by atoms with Crippen LogP contribution in [-0.4, -0.2) is 58.8 Å². The van der Waals surface area contributed by atoms with E-state index in [0.29, 0.717) is 36.9 Å². The number of aliphatic carboxylic acids is 1. The van der Waals surface area contributed by atoms with E-state index in [4.69, 9.17) is 15.1 Å². The standard InChI is InChI=1S/C30H38N4O4.BrH/c1-30(2,3)23-14-19(15-25(33-12-4-5-13-33)28(23)38-18-26(36)37)6-10-22(35)17-34-16-21-9-11-24(20-7-8-20)32-27(21)29(34)31;/h9,11,14-15,20,31H,4-8,10,12-13,16-18H2,1-3H3,(H,36,37);1H. The fraction of sp³-hybridized carbons (Fsp3) is 0.533. The normalized spacial score (nSPS) is 16.7. The number of carbonyl (C=O) groups excluding carboxylic acids is 1. The zero-order valence-electron chi connectivity index (χ0n) is 23.1. The van der Waals surface area contributed by atoms with Gasteiger partial charge in [-0.05, 0) is 55.2 Å². The molecule has 5 rings (SSSR count). The predicted molar refractivity (Wildman–Crippen MR) is 157 cm³/mol. The number of carboxylic acids is 1. The van der Waals surface area contributed by atoms with Crippen molar-refractivity contribution < 1.29 is 19.4 Å². The highest BCUT2D eigenvalue weighted by molar-refractivity contribution is 8.93. The molecule has 39 heavy (non-hydrogen) atoms. The third kappa shape index (κ3) is 6.62. The van der Waals surface area contributed by atoms with E-state index in [-0.39, 0.29) is 41.3 Å². The average molecular weight is 600 g/mol. The van der Waals surface area contributed by atoms with Crippen molar-refractivity contribution in [3.63, 3.8) is 0 Å². The van der Waals surface area contributed by atoms with Gasteiger partial charge >= 0.3 is 5.97 Å². The summed E-state index contributed by atoms with van der Waals surface area (Å²) in [5, 5.41) is 17.9. The van der Waals surface area contributed by atoms with E-state index < -0.39 is 5.97 Å². The zero-order valence-corrected chi connectivity index (χ0v) is 24.8. The Labute approximate surface area is 241 Å². The van der Waals surface area contributed by atoms with Crippen LogP contribution >= 0.6 is 17.0 Å². The number of aromatic nitrogens is 1. The van der Waals surface area contributed by atoms with Crippen LogP contribution in [0.4, 0.5) is 5.69 Å². The van der Waals surface area contributed by atoms with Crippen LogP contribution in [-0.2, 0) is 28.0 Å². The molecule has 0 bridgehead atoms. The van der Waals surface area contributed by atoms with Crippen molar-refractivity contribution in [3.8, 4) is 5.75 Å². The number of hydrogen-bond donors (Lipinski definition) is 2. The van der Waals surface area contributed by atoms with E-state index in [1.807, 2.05) is 4.90 Å². The number of nitrogens with one attached hydrogen (secondary N) is 1. The fourth-order valence-corrected chi connectivity index (χ4v) is 5.44. The second kappa shape index (κ2) is 11.7. The molecule has 0 amide bonds. The molecule has 3 heterocycles. The van der Waals surface area contributed by atoms with Crippen molar-refractivity contribution in [3.05, 3.63) is 52.3 Å². The first-order valence-electron chi connectivity index (χ1n) is 13.7. The van der Waals surface area contributed by atoms with Gasteiger partial charge in [0.05, 0.1) is 12.2 Å². The Balaban J connectivity index is 0.00000353. The molecule has 0 spiro atoms. The summed E-state index contributed by atoms with van der Waals surface area (Å²) < 4.78 is 5.86. The van der Waals surface area contributed by atoms with E-state index in [0.717, 1.165) is 59.7 Å². The van der Waals surface area contributed by atoms with Gasteiger partial charge in [0.25, 0.3) is 0 Å². The van der Waals surface area contributed by atoms with Gasteiger partial charge in [0.1, 0.15) is 17.3 Å². The maximum atomic E-state index is 13.1. The summed E-state index contributed by atoms with van der Waals surface area (Å²) in [6.45, 7) is 8.48. The van der Waals surface area contributed by atoms with E-state index in [2.05, 4.69) is 49.9 Å². The van der Waals surface area contributed by atoms with E-state index in [1.165, 1.54) is 12.8 Å². The third-order valence-electron chi connectivity index (χ3n) is 7.68. The number of ether oxygens (including phenoxy) is 1. The zero-order chi connectivity index (χ0) is 27.0. The number of aryl methyl sites for hydroxylation is 1. The second-order valence-corrected chi connectivity index (χ2v) is 11.9. The first-order chi connectivity index (χ1) is 18.1. The maximum Gasteiger partial charge on any atom is 0.341 e. The lowest BCUT2D eigenvalue weighted by molar-refractivity contribution is -0.139. The number of nitrogens with zero attached hydrogens (tertiary/aromatic N) is 3. The molecule has 0 radical (unpaired) electrons. The molecule has 1 aromatic heterocycles. The van der Waals surface area contributed by atoms with Crippen molar-refractivity contribution in [2.75, 3.05) is 31.1 Å². The summed E-state index contributed by atoms with van der Waals surface area (Å²) in [4.78, 5) is 33.2. The van der Waals surface area contributed by atoms with Gasteiger partial charge in [-0.2, -0.15) is 0 Å². The number of benzene rings is 1. The molecule has 3 aliphatic rings. The van der Waals surface area contributed by atoms with Crippen molar-refractivity contribution in [2.24, 2.45) is 0 Å². The summed E-state index contributed by atoms with van der Waals surface area (Å²) in [5.74, 6) is 0.616. The lowest BCUT2D eigenvalue weighted by Crippen LogP contribution is -2.30. The molecule has 0 unspecified atom stereocenters. The third-order valence-corrected chi connectivity index (χ3v) is 7.68. The van der Waals surface area contributed by atoms with Gasteiger partial charge in [-0.1, -0.05) is 32.9 Å². The number of halogens is 1. The minimum absolute atomic E-state index is 0. The van der Waals surface area contributed by atoms with Crippen LogP contribution in [0.25, 0.3) is 0 Å². The first-order valence-corrected chi connectivity index (χ1v) is 13.7. The van der Waals surface area contributed by atoms with Gasteiger partial charge in [-0.25, -0.2) is 9.78 Å². The second-order valence-electron chi connectivity index (χ2n) is 11.9. The van der Waals surface area contributed by atoms with Gasteiger partial charge in [0, 0.05) is 48.8 Å². The Kier molecular flexibility index (Phi) is 8.69. The number of fused-ring (bicyclic) bond motifs is 1. The molecule has 2 aliphatic heterocycles. The van der Waals surface area contributed by atoms with E-state index in [1.54, 1.807) is 0 Å². The van der Waals surface area contributed by atoms with Crippen molar-refractivity contribution in [1.29, 1.82) is 5.41 Å². The Morgan fingerprint density at radius 2 is 1.87 bits per heavy atom. The van der Waals surface area contributed by atoms with Crippen LogP contribution in [0.1, 0.15) is 86.9 Å². The molecule has 1 aromatic carbocycles. The summed E-state index contributed by atoms with van der Waals surface area (Å²) in [5.41, 5.74) is 5.49. The Morgan fingerprint density at radius 1 is 1.15 bits per heavy atom. The van der Waals surface area contributed by atoms with Crippen molar-refractivity contribution in [1.82, 2.24) is 9.88 Å². The number of carbonyl (C=O) groups is 2. The molecule has 9 heteroatoms. The van der Waals surface area contributed by atoms with Gasteiger partial charge in [-0.15, -0.1) is 17.0 Å². The summed E-state index contributed by atoms with van der Waals surface area (Å²) in [7, 11) is 0. The van der Waals surface area contributed by atoms with Crippen LogP contribution in [0.5, 0.6) is 5.75 Å². The highest BCUT2D eigenvalue weighted by Gasteiger charge is 2.31. The first kappa shape index (κ1) is 29.1. The highest BCUT2D eigenvalue weighted by Crippen LogP contribution is 2.42. The molecular formula is C30H39BrN4O4. The summed E-state index contributed by atoms with van der Waals surface area (Å²) in [6.07, 6.45) is 5.48. The number of Topliss-reactive ketones (excluding diaryl/α,β-unsaturated/α-hetero) is 1. The molecule has 2 fully saturated rings. The van der Waals surface area contributed by atoms with E-state index in [9.17, 15) is 14.7 Å². The molecule has 1 saturated carbocycles. The van der Waals surface area contributed by atoms with Crippen LogP contribution in [0.3, 0.4) is 0 Å². The maximum absolute atomic E-state index is 13.1. The smallest absolute Gasteiger partial charge is 0.341 e. The molecule has 210 valence electrons.